The van der Waals surface area contributed by atoms with E-state index in [0.717, 1.165) is 43.6 Å². The third kappa shape index (κ3) is 16.2. The third-order valence-corrected chi connectivity index (χ3v) is 5.20. The number of esters is 1. The number of ether oxygens (including phenoxy) is 3. The van der Waals surface area contributed by atoms with Gasteiger partial charge in [0, 0.05) is 23.1 Å². The van der Waals surface area contributed by atoms with Gasteiger partial charge in [-0.1, -0.05) is 25.8 Å². The van der Waals surface area contributed by atoms with Crippen molar-refractivity contribution in [1.29, 1.82) is 0 Å². The van der Waals surface area contributed by atoms with E-state index in [9.17, 15) is 14.4 Å². The van der Waals surface area contributed by atoms with Gasteiger partial charge in [0.05, 0.1) is 55.1 Å². The summed E-state index contributed by atoms with van der Waals surface area (Å²) in [5, 5.41) is 18.1. The second-order valence-corrected chi connectivity index (χ2v) is 8.58. The van der Waals surface area contributed by atoms with Gasteiger partial charge in [0.1, 0.15) is 11.5 Å². The topological polar surface area (TPSA) is 128 Å². The maximum Gasteiger partial charge on any atom is 0.350 e. The summed E-state index contributed by atoms with van der Waals surface area (Å²) in [7, 11) is 1.58. The molecule has 0 aromatic heterocycles. The van der Waals surface area contributed by atoms with Crippen molar-refractivity contribution in [2.75, 3.05) is 20.3 Å². The number of unbranched alkanes of at least 4 members (excludes halogenated alkanes) is 4. The fourth-order valence-electron chi connectivity index (χ4n) is 3.20. The number of hydrogen-bond acceptors (Lipinski definition) is 6. The van der Waals surface area contributed by atoms with E-state index in [1.54, 1.807) is 55.6 Å². The van der Waals surface area contributed by atoms with Crippen LogP contribution in [-0.2, 0) is 26.6 Å². The van der Waals surface area contributed by atoms with Gasteiger partial charge in [-0.25, -0.2) is 4.79 Å². The molecule has 2 rings (SSSR count). The number of aliphatic hydroxyl groups excluding tert-OH is 2. The van der Waals surface area contributed by atoms with Crippen LogP contribution in [0.25, 0.3) is 0 Å². The molecule has 0 bridgehead atoms. The van der Waals surface area contributed by atoms with Crippen LogP contribution in [0.1, 0.15) is 57.1 Å². The number of aliphatic hydroxyl groups is 2. The van der Waals surface area contributed by atoms with Gasteiger partial charge in [0.15, 0.2) is 0 Å². The Bertz CT molecular complexity index is 1110. The predicted octanol–water partition coefficient (Wildman–Crippen LogP) is 6.15. The van der Waals surface area contributed by atoms with E-state index in [2.05, 4.69) is 6.58 Å². The quantitative estimate of drug-likeness (QED) is 0.0478. The standard InChI is InChI=1S/C20H26O5.C11H12O3.Cu/c1-3-20(23)25-14-8-6-4-5-7-13-24-18-11-9-17(10-12-18)19(22)15-16(2)21;1-8(12)7-11(13)9-3-5-10(14-2)6-4-9;/h3,9-12,15,21H,1,4-8,13-14H2,2H3;3-7,12H,1-2H3;/p+2/b16-15-;8-7-;. The Kier molecular flexibility index (Phi) is 19.1. The number of hydrogen-bond donors (Lipinski definition) is 2. The minimum absolute atomic E-state index is 0. The van der Waals surface area contributed by atoms with E-state index in [1.807, 2.05) is 0 Å². The molecule has 0 atom stereocenters. The zero-order valence-corrected chi connectivity index (χ0v) is 24.2. The first-order valence-corrected chi connectivity index (χ1v) is 12.7. The fraction of sp³-hybridized carbons (Fsp3) is 0.323. The molecule has 0 saturated heterocycles. The summed E-state index contributed by atoms with van der Waals surface area (Å²) in [5.74, 6) is 1.28. The molecular formula is C31H40CuO8+2. The molecule has 0 saturated carbocycles. The minimum atomic E-state index is -0.368. The fourth-order valence-corrected chi connectivity index (χ4v) is 3.20. The van der Waals surface area contributed by atoms with E-state index in [0.29, 0.717) is 24.3 Å². The Balaban J connectivity index is 0.000000860. The molecule has 8 nitrogen and oxygen atoms in total. The number of carbonyl (C=O) groups excluding carboxylic acids is 3. The van der Waals surface area contributed by atoms with Crippen LogP contribution in [0.2, 0.25) is 0 Å². The largest absolute Gasteiger partial charge is 0.512 e. The molecule has 2 aromatic rings. The molecule has 0 fully saturated rings. The van der Waals surface area contributed by atoms with Crippen molar-refractivity contribution in [1.82, 2.24) is 0 Å². The molecule has 4 N–H and O–H groups in total. The van der Waals surface area contributed by atoms with Crippen LogP contribution in [0.4, 0.5) is 0 Å². The summed E-state index contributed by atoms with van der Waals surface area (Å²) in [4.78, 5) is 30.1. The average Bonchev–Trinajstić information content (AvgIpc) is 2.92. The first-order valence-electron chi connectivity index (χ1n) is 12.7. The summed E-state index contributed by atoms with van der Waals surface area (Å²) in [6.45, 7) is 7.43. The number of allylic oxidation sites excluding steroid dienone is 4. The second kappa shape index (κ2) is 21.1. The molecule has 0 spiro atoms. The predicted molar refractivity (Wildman–Crippen MR) is 154 cm³/mol. The van der Waals surface area contributed by atoms with Gasteiger partial charge >= 0.3 is 17.5 Å². The number of rotatable bonds is 15. The van der Waals surface area contributed by atoms with Gasteiger partial charge in [-0.15, -0.1) is 0 Å². The molecule has 0 amide bonds. The first-order chi connectivity index (χ1) is 18.7. The molecule has 0 heterocycles. The van der Waals surface area contributed by atoms with Crippen LogP contribution in [0, 0.1) is 0 Å². The number of carbonyl (C=O) groups is 1. The summed E-state index contributed by atoms with van der Waals surface area (Å²) >= 11 is 0. The smallest absolute Gasteiger partial charge is 0.350 e. The monoisotopic (exact) mass is 603 g/mol. The maximum absolute atomic E-state index is 10.8. The Labute approximate surface area is 246 Å². The number of ketones is 2. The van der Waals surface area contributed by atoms with Crippen molar-refractivity contribution in [2.24, 2.45) is 0 Å². The number of methoxy groups -OCH3 is 1. The van der Waals surface area contributed by atoms with Crippen molar-refractivity contribution >= 4 is 17.5 Å². The van der Waals surface area contributed by atoms with E-state index in [4.69, 9.17) is 24.4 Å². The van der Waals surface area contributed by atoms with Crippen LogP contribution in [0.3, 0.4) is 0 Å². The van der Waals surface area contributed by atoms with Crippen LogP contribution >= 0.6 is 0 Å². The van der Waals surface area contributed by atoms with Gasteiger partial charge in [-0.2, -0.15) is 0 Å². The molecule has 9 heteroatoms. The van der Waals surface area contributed by atoms with E-state index >= 15 is 0 Å². The van der Waals surface area contributed by atoms with Gasteiger partial charge < -0.3 is 24.4 Å². The maximum atomic E-state index is 10.8. The molecule has 0 unspecified atom stereocenters. The van der Waals surface area contributed by atoms with Crippen LogP contribution in [0.5, 0.6) is 11.5 Å². The van der Waals surface area contributed by atoms with Crippen molar-refractivity contribution < 1.29 is 55.9 Å². The summed E-state index contributed by atoms with van der Waals surface area (Å²) < 4.78 is 15.5. The molecule has 1 radical (unpaired) electrons. The van der Waals surface area contributed by atoms with Crippen LogP contribution in [0.15, 0.2) is 84.9 Å². The van der Waals surface area contributed by atoms with Crippen LogP contribution < -0.4 is 9.47 Å². The molecule has 0 aliphatic carbocycles. The molecular weight excluding hydrogens is 564 g/mol. The summed E-state index contributed by atoms with van der Waals surface area (Å²) in [5.41, 5.74) is 1.26. The normalized spacial score (nSPS) is 10.8. The SMILES string of the molecule is C=CC(=O)OCCCCCCCOc1ccc(C(=[OH+])/C=C(/C)O)cc1.COc1ccc(C(=[OH+])/C=C(/C)O)cc1.[Cu]. The van der Waals surface area contributed by atoms with Crippen molar-refractivity contribution in [3.8, 4) is 11.5 Å². The first kappa shape index (κ1) is 36.2. The van der Waals surface area contributed by atoms with E-state index in [1.165, 1.54) is 32.1 Å². The van der Waals surface area contributed by atoms with Crippen molar-refractivity contribution in [2.45, 2.75) is 46.0 Å². The van der Waals surface area contributed by atoms with Crippen LogP contribution in [-0.4, -0.2) is 57.7 Å². The van der Waals surface area contributed by atoms with Crippen molar-refractivity contribution in [3.05, 3.63) is 96.0 Å². The Morgan fingerprint density at radius 3 is 1.62 bits per heavy atom. The summed E-state index contributed by atoms with van der Waals surface area (Å²) in [6.07, 6.45) is 8.74. The number of benzene rings is 2. The zero-order valence-electron chi connectivity index (χ0n) is 23.2. The van der Waals surface area contributed by atoms with Gasteiger partial charge in [-0.3, -0.25) is 9.59 Å². The average molecular weight is 604 g/mol. The molecule has 0 aliphatic heterocycles. The zero-order chi connectivity index (χ0) is 29.0. The van der Waals surface area contributed by atoms with Gasteiger partial charge in [-0.05, 0) is 75.2 Å². The Morgan fingerprint density at radius 1 is 0.775 bits per heavy atom. The van der Waals surface area contributed by atoms with Crippen molar-refractivity contribution in [3.63, 3.8) is 0 Å². The Morgan fingerprint density at radius 2 is 1.20 bits per heavy atom. The minimum Gasteiger partial charge on any atom is -0.512 e. The molecule has 0 aliphatic rings. The van der Waals surface area contributed by atoms with E-state index < -0.39 is 0 Å². The third-order valence-electron chi connectivity index (χ3n) is 5.20. The van der Waals surface area contributed by atoms with E-state index in [-0.39, 0.29) is 46.1 Å². The molecule has 40 heavy (non-hydrogen) atoms. The summed E-state index contributed by atoms with van der Waals surface area (Å²) in [6, 6.07) is 14.0. The molecule has 2 aromatic carbocycles. The Hall–Kier alpha value is -3.81. The van der Waals surface area contributed by atoms with Gasteiger partial charge in [0.25, 0.3) is 0 Å². The van der Waals surface area contributed by atoms with Gasteiger partial charge in [0.2, 0.25) is 0 Å². The second-order valence-electron chi connectivity index (χ2n) is 8.58. The molecule has 221 valence electrons.